The molecule has 21 heavy (non-hydrogen) atoms. The minimum Gasteiger partial charge on any atom is -0.313 e. The van der Waals surface area contributed by atoms with Crippen LogP contribution in [0.2, 0.25) is 5.02 Å². The summed E-state index contributed by atoms with van der Waals surface area (Å²) in [5, 5.41) is 8.34. The standard InChI is InChI=1S/C15H18BrClFN3/c1-4-12-15(17)14(21(3)20-12)8-13(19-2)9-5-10(16)7-11(18)6-9/h5-7,13,19H,4,8H2,1-3H3. The van der Waals surface area contributed by atoms with Gasteiger partial charge in [0.05, 0.1) is 16.4 Å². The number of nitrogens with zero attached hydrogens (tertiary/aromatic N) is 2. The molecule has 114 valence electrons. The van der Waals surface area contributed by atoms with Crippen LogP contribution in [0.15, 0.2) is 22.7 Å². The zero-order chi connectivity index (χ0) is 15.6. The third-order valence-electron chi connectivity index (χ3n) is 3.54. The molecule has 0 radical (unpaired) electrons. The van der Waals surface area contributed by atoms with Crippen LogP contribution in [0.25, 0.3) is 0 Å². The molecule has 0 saturated heterocycles. The number of benzene rings is 1. The van der Waals surface area contributed by atoms with Crippen LogP contribution in [0, 0.1) is 5.82 Å². The highest BCUT2D eigenvalue weighted by molar-refractivity contribution is 9.10. The first kappa shape index (κ1) is 16.5. The Morgan fingerprint density at radius 3 is 2.67 bits per heavy atom. The SMILES string of the molecule is CCc1nn(C)c(CC(NC)c2cc(F)cc(Br)c2)c1Cl. The largest absolute Gasteiger partial charge is 0.313 e. The van der Waals surface area contributed by atoms with Crippen LogP contribution < -0.4 is 5.32 Å². The van der Waals surface area contributed by atoms with E-state index >= 15 is 0 Å². The van der Waals surface area contributed by atoms with Crippen molar-refractivity contribution in [3.05, 3.63) is 50.5 Å². The molecule has 6 heteroatoms. The van der Waals surface area contributed by atoms with E-state index in [4.69, 9.17) is 11.6 Å². The smallest absolute Gasteiger partial charge is 0.124 e. The summed E-state index contributed by atoms with van der Waals surface area (Å²) in [4.78, 5) is 0. The Kier molecular flexibility index (Phi) is 5.41. The van der Waals surface area contributed by atoms with Crippen molar-refractivity contribution < 1.29 is 4.39 Å². The number of aromatic nitrogens is 2. The summed E-state index contributed by atoms with van der Waals surface area (Å²) in [6, 6.07) is 4.86. The first-order valence-electron chi connectivity index (χ1n) is 6.79. The number of hydrogen-bond donors (Lipinski definition) is 1. The Labute approximate surface area is 137 Å². The van der Waals surface area contributed by atoms with Crippen LogP contribution in [0.1, 0.15) is 29.9 Å². The van der Waals surface area contributed by atoms with Gasteiger partial charge in [0.2, 0.25) is 0 Å². The molecule has 0 amide bonds. The van der Waals surface area contributed by atoms with Crippen molar-refractivity contribution in [1.29, 1.82) is 0 Å². The van der Waals surface area contributed by atoms with Gasteiger partial charge >= 0.3 is 0 Å². The van der Waals surface area contributed by atoms with Gasteiger partial charge in [-0.15, -0.1) is 0 Å². The molecule has 2 rings (SSSR count). The highest BCUT2D eigenvalue weighted by atomic mass is 79.9. The lowest BCUT2D eigenvalue weighted by Crippen LogP contribution is -2.20. The molecule has 2 aromatic rings. The molecule has 1 N–H and O–H groups in total. The zero-order valence-electron chi connectivity index (χ0n) is 12.3. The van der Waals surface area contributed by atoms with E-state index in [0.29, 0.717) is 11.4 Å². The predicted molar refractivity (Wildman–Crippen MR) is 87.2 cm³/mol. The van der Waals surface area contributed by atoms with Crippen molar-refractivity contribution in [3.63, 3.8) is 0 Å². The first-order valence-corrected chi connectivity index (χ1v) is 7.96. The molecule has 0 bridgehead atoms. The molecule has 1 aromatic carbocycles. The zero-order valence-corrected chi connectivity index (χ0v) is 14.6. The molecule has 0 aliphatic carbocycles. The van der Waals surface area contributed by atoms with Gasteiger partial charge in [0.15, 0.2) is 0 Å². The average Bonchev–Trinajstić information content (AvgIpc) is 2.70. The van der Waals surface area contributed by atoms with Crippen LogP contribution in [0.3, 0.4) is 0 Å². The Hall–Kier alpha value is -0.910. The molecular weight excluding hydrogens is 357 g/mol. The highest BCUT2D eigenvalue weighted by Gasteiger charge is 2.19. The molecule has 0 fully saturated rings. The number of nitrogens with one attached hydrogen (secondary N) is 1. The highest BCUT2D eigenvalue weighted by Crippen LogP contribution is 2.28. The maximum Gasteiger partial charge on any atom is 0.124 e. The molecule has 1 aromatic heterocycles. The van der Waals surface area contributed by atoms with Crippen LogP contribution in [-0.2, 0) is 19.9 Å². The van der Waals surface area contributed by atoms with E-state index in [1.54, 1.807) is 4.68 Å². The average molecular weight is 375 g/mol. The van der Waals surface area contributed by atoms with Crippen LogP contribution in [-0.4, -0.2) is 16.8 Å². The van der Waals surface area contributed by atoms with Crippen LogP contribution in [0.4, 0.5) is 4.39 Å². The third-order valence-corrected chi connectivity index (χ3v) is 4.43. The van der Waals surface area contributed by atoms with Gasteiger partial charge in [-0.3, -0.25) is 4.68 Å². The van der Waals surface area contributed by atoms with Crippen molar-refractivity contribution in [3.8, 4) is 0 Å². The summed E-state index contributed by atoms with van der Waals surface area (Å²) in [6.07, 6.45) is 1.44. The lowest BCUT2D eigenvalue weighted by molar-refractivity contribution is 0.553. The second-order valence-electron chi connectivity index (χ2n) is 4.93. The fourth-order valence-electron chi connectivity index (χ4n) is 2.40. The van der Waals surface area contributed by atoms with E-state index < -0.39 is 0 Å². The van der Waals surface area contributed by atoms with Gasteiger partial charge in [0.1, 0.15) is 5.82 Å². The molecule has 0 aliphatic heterocycles. The van der Waals surface area contributed by atoms with Crippen molar-refractivity contribution in [1.82, 2.24) is 15.1 Å². The van der Waals surface area contributed by atoms with Gasteiger partial charge in [0.25, 0.3) is 0 Å². The van der Waals surface area contributed by atoms with Gasteiger partial charge in [-0.2, -0.15) is 5.10 Å². The Balaban J connectivity index is 2.33. The summed E-state index contributed by atoms with van der Waals surface area (Å²) in [7, 11) is 3.74. The quantitative estimate of drug-likeness (QED) is 0.856. The normalized spacial score (nSPS) is 12.7. The number of hydrogen-bond acceptors (Lipinski definition) is 2. The molecular formula is C15H18BrClFN3. The number of halogens is 3. The molecule has 0 spiro atoms. The van der Waals surface area contributed by atoms with E-state index in [1.807, 2.05) is 27.1 Å². The van der Waals surface area contributed by atoms with E-state index in [9.17, 15) is 4.39 Å². The molecule has 0 saturated carbocycles. The Morgan fingerprint density at radius 2 is 2.14 bits per heavy atom. The van der Waals surface area contributed by atoms with E-state index in [2.05, 4.69) is 26.3 Å². The Bertz CT molecular complexity index is 622. The van der Waals surface area contributed by atoms with Crippen molar-refractivity contribution in [2.45, 2.75) is 25.8 Å². The Morgan fingerprint density at radius 1 is 1.43 bits per heavy atom. The van der Waals surface area contributed by atoms with Gasteiger partial charge in [-0.05, 0) is 37.2 Å². The maximum absolute atomic E-state index is 13.6. The summed E-state index contributed by atoms with van der Waals surface area (Å²) < 4.78 is 16.1. The number of likely N-dealkylation sites (N-methyl/N-ethyl adjacent to an activating group) is 1. The van der Waals surface area contributed by atoms with E-state index in [0.717, 1.165) is 27.8 Å². The minimum absolute atomic E-state index is 0.0328. The van der Waals surface area contributed by atoms with E-state index in [-0.39, 0.29) is 11.9 Å². The maximum atomic E-state index is 13.6. The van der Waals surface area contributed by atoms with Gasteiger partial charge in [-0.1, -0.05) is 34.5 Å². The second-order valence-corrected chi connectivity index (χ2v) is 6.23. The summed E-state index contributed by atoms with van der Waals surface area (Å²) in [6.45, 7) is 2.03. The number of rotatable bonds is 5. The van der Waals surface area contributed by atoms with Crippen molar-refractivity contribution >= 4 is 27.5 Å². The third kappa shape index (κ3) is 3.65. The first-order chi connectivity index (χ1) is 9.96. The minimum atomic E-state index is -0.259. The summed E-state index contributed by atoms with van der Waals surface area (Å²) in [5.74, 6) is -0.259. The number of aryl methyl sites for hydroxylation is 2. The molecule has 1 unspecified atom stereocenters. The van der Waals surface area contributed by atoms with Gasteiger partial charge < -0.3 is 5.32 Å². The van der Waals surface area contributed by atoms with Gasteiger partial charge in [0, 0.05) is 24.0 Å². The molecule has 1 atom stereocenters. The topological polar surface area (TPSA) is 29.9 Å². The van der Waals surface area contributed by atoms with Crippen molar-refractivity contribution in [2.24, 2.45) is 7.05 Å². The lowest BCUT2D eigenvalue weighted by Gasteiger charge is -2.17. The summed E-state index contributed by atoms with van der Waals surface area (Å²) >= 11 is 9.72. The van der Waals surface area contributed by atoms with Crippen LogP contribution in [0.5, 0.6) is 0 Å². The van der Waals surface area contributed by atoms with Gasteiger partial charge in [-0.25, -0.2) is 4.39 Å². The summed E-state index contributed by atoms with van der Waals surface area (Å²) in [5.41, 5.74) is 2.72. The monoisotopic (exact) mass is 373 g/mol. The van der Waals surface area contributed by atoms with Crippen LogP contribution >= 0.6 is 27.5 Å². The lowest BCUT2D eigenvalue weighted by atomic mass is 10.0. The fraction of sp³-hybridized carbons (Fsp3) is 0.400. The van der Waals surface area contributed by atoms with Crippen molar-refractivity contribution in [2.75, 3.05) is 7.05 Å². The fourth-order valence-corrected chi connectivity index (χ4v) is 3.25. The second kappa shape index (κ2) is 6.90. The predicted octanol–water partition coefficient (Wildman–Crippen LogP) is 4.04. The molecule has 1 heterocycles. The molecule has 3 nitrogen and oxygen atoms in total. The van der Waals surface area contributed by atoms with E-state index in [1.165, 1.54) is 12.1 Å². The molecule has 0 aliphatic rings.